The normalized spacial score (nSPS) is 10.5. The van der Waals surface area contributed by atoms with Crippen molar-refractivity contribution in [2.24, 2.45) is 0 Å². The molecule has 2 heteroatoms. The molecule has 0 fully saturated rings. The van der Waals surface area contributed by atoms with Gasteiger partial charge in [0.1, 0.15) is 5.75 Å². The van der Waals surface area contributed by atoms with Gasteiger partial charge in [0.2, 0.25) is 0 Å². The zero-order chi connectivity index (χ0) is 12.3. The standard InChI is InChI=1S/C15H23ClO/c1-2-3-4-5-12-17-15-10-6-8-14(13-15)9-7-11-16/h6,8,10,13H,2-5,7,9,11-12H2,1H3. The monoisotopic (exact) mass is 254 g/mol. The Hall–Kier alpha value is -0.690. The molecule has 1 rings (SSSR count). The SMILES string of the molecule is CCCCCCOc1cccc(CCCCl)c1. The van der Waals surface area contributed by atoms with Crippen LogP contribution in [0.25, 0.3) is 0 Å². The van der Waals surface area contributed by atoms with E-state index >= 15 is 0 Å². The maximum atomic E-state index is 5.74. The van der Waals surface area contributed by atoms with Gasteiger partial charge < -0.3 is 4.74 Å². The van der Waals surface area contributed by atoms with Gasteiger partial charge in [-0.1, -0.05) is 38.3 Å². The first kappa shape index (κ1) is 14.4. The van der Waals surface area contributed by atoms with E-state index < -0.39 is 0 Å². The van der Waals surface area contributed by atoms with E-state index in [1.54, 1.807) is 0 Å². The molecule has 0 bridgehead atoms. The van der Waals surface area contributed by atoms with Crippen molar-refractivity contribution in [1.82, 2.24) is 0 Å². The highest BCUT2D eigenvalue weighted by molar-refractivity contribution is 6.17. The van der Waals surface area contributed by atoms with Crippen molar-refractivity contribution in [3.05, 3.63) is 29.8 Å². The van der Waals surface area contributed by atoms with Gasteiger partial charge in [0.05, 0.1) is 6.61 Å². The Bertz CT molecular complexity index is 299. The van der Waals surface area contributed by atoms with Crippen LogP contribution in [0.15, 0.2) is 24.3 Å². The van der Waals surface area contributed by atoms with Crippen LogP contribution in [-0.4, -0.2) is 12.5 Å². The Kier molecular flexibility index (Phi) is 7.91. The van der Waals surface area contributed by atoms with Crippen LogP contribution in [-0.2, 0) is 6.42 Å². The van der Waals surface area contributed by atoms with Crippen molar-refractivity contribution < 1.29 is 4.74 Å². The predicted molar refractivity (Wildman–Crippen MR) is 75.1 cm³/mol. The topological polar surface area (TPSA) is 9.23 Å². The average Bonchev–Trinajstić information content (AvgIpc) is 2.37. The van der Waals surface area contributed by atoms with Crippen molar-refractivity contribution in [3.8, 4) is 5.75 Å². The molecular weight excluding hydrogens is 232 g/mol. The lowest BCUT2D eigenvalue weighted by atomic mass is 10.1. The summed E-state index contributed by atoms with van der Waals surface area (Å²) in [5, 5.41) is 0. The fraction of sp³-hybridized carbons (Fsp3) is 0.600. The Morgan fingerprint density at radius 3 is 2.76 bits per heavy atom. The molecule has 96 valence electrons. The Morgan fingerprint density at radius 1 is 1.12 bits per heavy atom. The number of alkyl halides is 1. The van der Waals surface area contributed by atoms with Gasteiger partial charge in [-0.05, 0) is 37.0 Å². The second-order valence-electron chi connectivity index (χ2n) is 4.35. The largest absolute Gasteiger partial charge is 0.494 e. The molecule has 0 amide bonds. The van der Waals surface area contributed by atoms with E-state index in [1.807, 2.05) is 6.07 Å². The fourth-order valence-corrected chi connectivity index (χ4v) is 1.91. The number of hydrogen-bond acceptors (Lipinski definition) is 1. The average molecular weight is 255 g/mol. The number of aryl methyl sites for hydroxylation is 1. The molecule has 0 saturated heterocycles. The van der Waals surface area contributed by atoms with Gasteiger partial charge in [0.25, 0.3) is 0 Å². The maximum Gasteiger partial charge on any atom is 0.119 e. The van der Waals surface area contributed by atoms with Crippen molar-refractivity contribution in [3.63, 3.8) is 0 Å². The second kappa shape index (κ2) is 9.35. The van der Waals surface area contributed by atoms with Gasteiger partial charge in [0.15, 0.2) is 0 Å². The summed E-state index contributed by atoms with van der Waals surface area (Å²) in [4.78, 5) is 0. The third-order valence-electron chi connectivity index (χ3n) is 2.76. The minimum absolute atomic E-state index is 0.724. The summed E-state index contributed by atoms with van der Waals surface area (Å²) in [5.74, 6) is 1.72. The highest BCUT2D eigenvalue weighted by atomic mass is 35.5. The summed E-state index contributed by atoms with van der Waals surface area (Å²) in [6, 6.07) is 8.36. The van der Waals surface area contributed by atoms with Crippen LogP contribution < -0.4 is 4.74 Å². The summed E-state index contributed by atoms with van der Waals surface area (Å²) in [5.41, 5.74) is 1.32. The molecule has 0 atom stereocenters. The Balaban J connectivity index is 2.27. The van der Waals surface area contributed by atoms with Gasteiger partial charge in [-0.3, -0.25) is 0 Å². The van der Waals surface area contributed by atoms with E-state index in [1.165, 1.54) is 24.8 Å². The van der Waals surface area contributed by atoms with E-state index in [-0.39, 0.29) is 0 Å². The Labute approximate surface area is 110 Å². The number of benzene rings is 1. The molecule has 0 saturated carbocycles. The third kappa shape index (κ3) is 6.58. The third-order valence-corrected chi connectivity index (χ3v) is 3.03. The summed E-state index contributed by atoms with van der Waals surface area (Å²) < 4.78 is 5.74. The van der Waals surface area contributed by atoms with E-state index in [0.717, 1.165) is 37.5 Å². The first-order chi connectivity index (χ1) is 8.36. The minimum Gasteiger partial charge on any atom is -0.494 e. The lowest BCUT2D eigenvalue weighted by Crippen LogP contribution is -1.98. The summed E-state index contributed by atoms with van der Waals surface area (Å²) in [7, 11) is 0. The lowest BCUT2D eigenvalue weighted by Gasteiger charge is -2.07. The molecule has 1 nitrogen and oxygen atoms in total. The summed E-state index contributed by atoms with van der Waals surface area (Å²) >= 11 is 5.69. The van der Waals surface area contributed by atoms with Gasteiger partial charge in [-0.15, -0.1) is 11.6 Å². The molecule has 0 aromatic heterocycles. The molecule has 0 N–H and O–H groups in total. The molecule has 1 aromatic carbocycles. The maximum absolute atomic E-state index is 5.74. The molecule has 0 heterocycles. The minimum atomic E-state index is 0.724. The van der Waals surface area contributed by atoms with Crippen molar-refractivity contribution in [2.75, 3.05) is 12.5 Å². The molecule has 0 spiro atoms. The number of rotatable bonds is 9. The molecule has 0 unspecified atom stereocenters. The van der Waals surface area contributed by atoms with Gasteiger partial charge in [-0.2, -0.15) is 0 Å². The molecule has 1 aromatic rings. The van der Waals surface area contributed by atoms with Crippen molar-refractivity contribution in [1.29, 1.82) is 0 Å². The zero-order valence-electron chi connectivity index (χ0n) is 10.8. The first-order valence-electron chi connectivity index (χ1n) is 6.64. The molecule has 17 heavy (non-hydrogen) atoms. The number of ether oxygens (including phenoxy) is 1. The fourth-order valence-electron chi connectivity index (χ4n) is 1.78. The van der Waals surface area contributed by atoms with Crippen LogP contribution in [0.2, 0.25) is 0 Å². The van der Waals surface area contributed by atoms with Crippen LogP contribution in [0.3, 0.4) is 0 Å². The van der Waals surface area contributed by atoms with E-state index in [2.05, 4.69) is 25.1 Å². The van der Waals surface area contributed by atoms with Crippen LogP contribution in [0.4, 0.5) is 0 Å². The van der Waals surface area contributed by atoms with Crippen LogP contribution in [0.5, 0.6) is 5.75 Å². The highest BCUT2D eigenvalue weighted by Crippen LogP contribution is 2.15. The zero-order valence-corrected chi connectivity index (χ0v) is 11.5. The molecule has 0 aliphatic carbocycles. The van der Waals surface area contributed by atoms with Crippen LogP contribution >= 0.6 is 11.6 Å². The van der Waals surface area contributed by atoms with E-state index in [9.17, 15) is 0 Å². The molecular formula is C15H23ClO. The van der Waals surface area contributed by atoms with Crippen molar-refractivity contribution >= 4 is 11.6 Å². The smallest absolute Gasteiger partial charge is 0.119 e. The quantitative estimate of drug-likeness (QED) is 0.454. The predicted octanol–water partition coefficient (Wildman–Crippen LogP) is 4.82. The summed E-state index contributed by atoms with van der Waals surface area (Å²) in [6.07, 6.45) is 7.06. The van der Waals surface area contributed by atoms with Gasteiger partial charge in [0, 0.05) is 5.88 Å². The molecule has 0 aliphatic rings. The lowest BCUT2D eigenvalue weighted by molar-refractivity contribution is 0.305. The van der Waals surface area contributed by atoms with E-state index in [0.29, 0.717) is 0 Å². The number of unbranched alkanes of at least 4 members (excludes halogenated alkanes) is 3. The van der Waals surface area contributed by atoms with E-state index in [4.69, 9.17) is 16.3 Å². The first-order valence-corrected chi connectivity index (χ1v) is 7.18. The van der Waals surface area contributed by atoms with Crippen LogP contribution in [0, 0.1) is 0 Å². The summed E-state index contributed by atoms with van der Waals surface area (Å²) in [6.45, 7) is 3.06. The number of hydrogen-bond donors (Lipinski definition) is 0. The van der Waals surface area contributed by atoms with Gasteiger partial charge in [-0.25, -0.2) is 0 Å². The number of halogens is 1. The molecule has 0 aliphatic heterocycles. The molecule has 0 radical (unpaired) electrons. The highest BCUT2D eigenvalue weighted by Gasteiger charge is 1.97. The van der Waals surface area contributed by atoms with Gasteiger partial charge >= 0.3 is 0 Å². The Morgan fingerprint density at radius 2 is 2.00 bits per heavy atom. The second-order valence-corrected chi connectivity index (χ2v) is 4.73. The van der Waals surface area contributed by atoms with Crippen molar-refractivity contribution in [2.45, 2.75) is 45.4 Å². The van der Waals surface area contributed by atoms with Crippen LogP contribution in [0.1, 0.15) is 44.6 Å².